The standard InChI is InChI=1S/C12H21NO5S/c1-11(2,3)17-10(14)13-8-12(6-5-7-12)9(13)18-19(4,15)16/h9H,5-8H2,1-4H3. The van der Waals surface area contributed by atoms with Gasteiger partial charge in [-0.2, -0.15) is 8.42 Å². The summed E-state index contributed by atoms with van der Waals surface area (Å²) in [6.45, 7) is 5.84. The minimum atomic E-state index is -3.59. The lowest BCUT2D eigenvalue weighted by atomic mass is 9.62. The Morgan fingerprint density at radius 3 is 2.26 bits per heavy atom. The van der Waals surface area contributed by atoms with Gasteiger partial charge in [-0.05, 0) is 33.6 Å². The Hall–Kier alpha value is -0.820. The predicted molar refractivity (Wildman–Crippen MR) is 68.9 cm³/mol. The smallest absolute Gasteiger partial charge is 0.412 e. The second kappa shape index (κ2) is 4.34. The van der Waals surface area contributed by atoms with E-state index in [9.17, 15) is 13.2 Å². The zero-order valence-corrected chi connectivity index (χ0v) is 12.6. The highest BCUT2D eigenvalue weighted by molar-refractivity contribution is 7.86. The van der Waals surface area contributed by atoms with E-state index < -0.39 is 28.0 Å². The van der Waals surface area contributed by atoms with Crippen molar-refractivity contribution in [1.82, 2.24) is 4.90 Å². The van der Waals surface area contributed by atoms with E-state index >= 15 is 0 Å². The Balaban J connectivity index is 2.07. The summed E-state index contributed by atoms with van der Waals surface area (Å²) in [6, 6.07) is 0. The highest BCUT2D eigenvalue weighted by Gasteiger charge is 2.60. The van der Waals surface area contributed by atoms with Gasteiger partial charge in [0.15, 0.2) is 6.23 Å². The highest BCUT2D eigenvalue weighted by atomic mass is 32.2. The Morgan fingerprint density at radius 1 is 1.32 bits per heavy atom. The van der Waals surface area contributed by atoms with Crippen LogP contribution in [-0.4, -0.2) is 44.0 Å². The molecule has 0 radical (unpaired) electrons. The molecular formula is C12H21NO5S. The molecule has 1 saturated heterocycles. The van der Waals surface area contributed by atoms with Crippen LogP contribution in [-0.2, 0) is 19.0 Å². The number of carbonyl (C=O) groups is 1. The van der Waals surface area contributed by atoms with Crippen molar-refractivity contribution in [3.05, 3.63) is 0 Å². The van der Waals surface area contributed by atoms with E-state index in [1.165, 1.54) is 4.90 Å². The van der Waals surface area contributed by atoms with Crippen LogP contribution in [0, 0.1) is 5.41 Å². The summed E-state index contributed by atoms with van der Waals surface area (Å²) in [6.07, 6.45) is 2.63. The molecular weight excluding hydrogens is 270 g/mol. The summed E-state index contributed by atoms with van der Waals surface area (Å²) in [5, 5.41) is 0. The van der Waals surface area contributed by atoms with Crippen molar-refractivity contribution in [3.63, 3.8) is 0 Å². The van der Waals surface area contributed by atoms with E-state index in [-0.39, 0.29) is 5.41 Å². The molecule has 0 aromatic carbocycles. The van der Waals surface area contributed by atoms with Gasteiger partial charge in [0, 0.05) is 12.0 Å². The lowest BCUT2D eigenvalue weighted by molar-refractivity contribution is -0.198. The van der Waals surface area contributed by atoms with Gasteiger partial charge >= 0.3 is 6.09 Å². The number of hydrogen-bond acceptors (Lipinski definition) is 5. The number of rotatable bonds is 2. The first kappa shape index (κ1) is 14.6. The van der Waals surface area contributed by atoms with Crippen LogP contribution < -0.4 is 0 Å². The molecule has 2 rings (SSSR count). The fourth-order valence-electron chi connectivity index (χ4n) is 2.55. The van der Waals surface area contributed by atoms with E-state index in [1.807, 2.05) is 0 Å². The van der Waals surface area contributed by atoms with Crippen molar-refractivity contribution in [2.75, 3.05) is 12.8 Å². The Bertz CT molecular complexity index is 475. The third-order valence-corrected chi connectivity index (χ3v) is 4.07. The maximum absolute atomic E-state index is 12.0. The van der Waals surface area contributed by atoms with Crippen molar-refractivity contribution in [3.8, 4) is 0 Å². The number of amides is 1. The molecule has 1 aliphatic heterocycles. The summed E-state index contributed by atoms with van der Waals surface area (Å²) in [4.78, 5) is 13.4. The molecule has 1 saturated carbocycles. The van der Waals surface area contributed by atoms with Crippen LogP contribution in [0.25, 0.3) is 0 Å². The molecule has 1 spiro atoms. The average molecular weight is 291 g/mol. The minimum Gasteiger partial charge on any atom is -0.444 e. The molecule has 6 nitrogen and oxygen atoms in total. The minimum absolute atomic E-state index is 0.181. The van der Waals surface area contributed by atoms with Crippen molar-refractivity contribution in [2.24, 2.45) is 5.41 Å². The zero-order valence-electron chi connectivity index (χ0n) is 11.8. The van der Waals surface area contributed by atoms with E-state index in [1.54, 1.807) is 20.8 Å². The van der Waals surface area contributed by atoms with Crippen molar-refractivity contribution in [1.29, 1.82) is 0 Å². The largest absolute Gasteiger partial charge is 0.444 e. The molecule has 1 heterocycles. The zero-order chi connectivity index (χ0) is 14.5. The molecule has 19 heavy (non-hydrogen) atoms. The van der Waals surface area contributed by atoms with Crippen molar-refractivity contribution in [2.45, 2.75) is 51.9 Å². The van der Waals surface area contributed by atoms with Gasteiger partial charge in [-0.1, -0.05) is 6.42 Å². The van der Waals surface area contributed by atoms with Crippen LogP contribution in [0.3, 0.4) is 0 Å². The molecule has 1 amide bonds. The lowest BCUT2D eigenvalue weighted by Gasteiger charge is -2.60. The fourth-order valence-corrected chi connectivity index (χ4v) is 3.19. The van der Waals surface area contributed by atoms with Gasteiger partial charge < -0.3 is 4.74 Å². The number of ether oxygens (including phenoxy) is 1. The maximum Gasteiger partial charge on any atom is 0.412 e. The van der Waals surface area contributed by atoms with Gasteiger partial charge in [-0.25, -0.2) is 8.98 Å². The molecule has 7 heteroatoms. The number of hydrogen-bond donors (Lipinski definition) is 0. The van der Waals surface area contributed by atoms with Gasteiger partial charge in [0.25, 0.3) is 10.1 Å². The second-order valence-electron chi connectivity index (χ2n) is 6.48. The second-order valence-corrected chi connectivity index (χ2v) is 8.08. The van der Waals surface area contributed by atoms with E-state index in [4.69, 9.17) is 8.92 Å². The quantitative estimate of drug-likeness (QED) is 0.724. The molecule has 0 aromatic rings. The van der Waals surface area contributed by atoms with Gasteiger partial charge in [-0.3, -0.25) is 4.90 Å². The maximum atomic E-state index is 12.0. The SMILES string of the molecule is CC(C)(C)OC(=O)N1CC2(CCC2)C1OS(C)(=O)=O. The summed E-state index contributed by atoms with van der Waals surface area (Å²) in [5.74, 6) is 0. The monoisotopic (exact) mass is 291 g/mol. The van der Waals surface area contributed by atoms with Gasteiger partial charge in [0.1, 0.15) is 5.60 Å². The van der Waals surface area contributed by atoms with E-state index in [0.717, 1.165) is 25.5 Å². The highest BCUT2D eigenvalue weighted by Crippen LogP contribution is 2.54. The molecule has 1 atom stereocenters. The van der Waals surface area contributed by atoms with Crippen molar-refractivity contribution >= 4 is 16.2 Å². The topological polar surface area (TPSA) is 72.9 Å². The van der Waals surface area contributed by atoms with Crippen molar-refractivity contribution < 1.29 is 22.1 Å². The molecule has 1 unspecified atom stereocenters. The Morgan fingerprint density at radius 2 is 1.89 bits per heavy atom. The summed E-state index contributed by atoms with van der Waals surface area (Å²) < 4.78 is 33.0. The molecule has 0 aromatic heterocycles. The van der Waals surface area contributed by atoms with Crippen LogP contribution in [0.5, 0.6) is 0 Å². The first-order valence-electron chi connectivity index (χ1n) is 6.40. The normalized spacial score (nSPS) is 25.7. The van der Waals surface area contributed by atoms with Gasteiger partial charge in [0.05, 0.1) is 6.26 Å². The number of carbonyl (C=O) groups excluding carboxylic acids is 1. The first-order chi connectivity index (χ1) is 8.53. The molecule has 0 N–H and O–H groups in total. The summed E-state index contributed by atoms with van der Waals surface area (Å²) >= 11 is 0. The first-order valence-corrected chi connectivity index (χ1v) is 8.22. The predicted octanol–water partition coefficient (Wildman–Crippen LogP) is 1.71. The molecule has 2 aliphatic rings. The number of likely N-dealkylation sites (tertiary alicyclic amines) is 1. The van der Waals surface area contributed by atoms with Crippen LogP contribution in [0.2, 0.25) is 0 Å². The third kappa shape index (κ3) is 3.02. The molecule has 2 fully saturated rings. The van der Waals surface area contributed by atoms with E-state index in [2.05, 4.69) is 0 Å². The lowest BCUT2D eigenvalue weighted by Crippen LogP contribution is -2.70. The van der Waals surface area contributed by atoms with Crippen LogP contribution in [0.15, 0.2) is 0 Å². The third-order valence-electron chi connectivity index (χ3n) is 3.54. The molecule has 1 aliphatic carbocycles. The molecule has 110 valence electrons. The average Bonchev–Trinajstić information content (AvgIpc) is 2.05. The van der Waals surface area contributed by atoms with Crippen LogP contribution >= 0.6 is 0 Å². The van der Waals surface area contributed by atoms with E-state index in [0.29, 0.717) is 6.54 Å². The molecule has 0 bridgehead atoms. The van der Waals surface area contributed by atoms with Crippen LogP contribution in [0.4, 0.5) is 4.79 Å². The Labute approximate surface area is 114 Å². The summed E-state index contributed by atoms with van der Waals surface area (Å²) in [7, 11) is -3.59. The fraction of sp³-hybridized carbons (Fsp3) is 0.917. The van der Waals surface area contributed by atoms with Gasteiger partial charge in [-0.15, -0.1) is 0 Å². The summed E-state index contributed by atoms with van der Waals surface area (Å²) in [5.41, 5.74) is -0.783. The number of nitrogens with zero attached hydrogens (tertiary/aromatic N) is 1. The van der Waals surface area contributed by atoms with Gasteiger partial charge in [0.2, 0.25) is 0 Å². The Kier molecular flexibility index (Phi) is 3.33. The van der Waals surface area contributed by atoms with Crippen LogP contribution in [0.1, 0.15) is 40.0 Å².